The highest BCUT2D eigenvalue weighted by Gasteiger charge is 2.07. The number of rotatable bonds is 7. The SMILES string of the molecule is CCNC(=NCc1ccc(OC)nc1)NCc1ccc(C(=O)N(C)C)cc1. The maximum atomic E-state index is 11.9. The molecular formula is C20H27N5O2. The molecule has 7 heteroatoms. The van der Waals surface area contributed by atoms with E-state index in [1.54, 1.807) is 32.3 Å². The first-order valence-electron chi connectivity index (χ1n) is 8.85. The van der Waals surface area contributed by atoms with Gasteiger partial charge >= 0.3 is 0 Å². The molecule has 0 atom stereocenters. The molecule has 2 rings (SSSR count). The van der Waals surface area contributed by atoms with Crippen molar-refractivity contribution in [3.63, 3.8) is 0 Å². The molecule has 1 aromatic heterocycles. The molecule has 2 aromatic rings. The molecule has 0 radical (unpaired) electrons. The van der Waals surface area contributed by atoms with Crippen molar-refractivity contribution >= 4 is 11.9 Å². The summed E-state index contributed by atoms with van der Waals surface area (Å²) in [5.74, 6) is 1.31. The van der Waals surface area contributed by atoms with Gasteiger partial charge in [-0.25, -0.2) is 9.98 Å². The third-order valence-electron chi connectivity index (χ3n) is 3.84. The smallest absolute Gasteiger partial charge is 0.253 e. The Morgan fingerprint density at radius 3 is 2.37 bits per heavy atom. The number of guanidine groups is 1. The number of benzene rings is 1. The number of nitrogens with one attached hydrogen (secondary N) is 2. The molecule has 0 aliphatic heterocycles. The van der Waals surface area contributed by atoms with Crippen LogP contribution >= 0.6 is 0 Å². The highest BCUT2D eigenvalue weighted by molar-refractivity contribution is 5.93. The molecule has 0 saturated heterocycles. The number of hydrogen-bond donors (Lipinski definition) is 2. The lowest BCUT2D eigenvalue weighted by Crippen LogP contribution is -2.36. The average Bonchev–Trinajstić information content (AvgIpc) is 2.70. The van der Waals surface area contributed by atoms with Crippen LogP contribution in [0.5, 0.6) is 5.88 Å². The Balaban J connectivity index is 1.95. The molecular weight excluding hydrogens is 342 g/mol. The molecule has 1 heterocycles. The molecule has 144 valence electrons. The monoisotopic (exact) mass is 369 g/mol. The molecule has 2 N–H and O–H groups in total. The fraction of sp³-hybridized carbons (Fsp3) is 0.350. The summed E-state index contributed by atoms with van der Waals surface area (Å²) in [6, 6.07) is 11.3. The lowest BCUT2D eigenvalue weighted by molar-refractivity contribution is 0.0827. The van der Waals surface area contributed by atoms with E-state index in [0.29, 0.717) is 24.5 Å². The summed E-state index contributed by atoms with van der Waals surface area (Å²) in [6.07, 6.45) is 1.76. The zero-order valence-corrected chi connectivity index (χ0v) is 16.3. The third kappa shape index (κ3) is 6.29. The summed E-state index contributed by atoms with van der Waals surface area (Å²) in [5, 5.41) is 6.52. The van der Waals surface area contributed by atoms with Crippen LogP contribution < -0.4 is 15.4 Å². The molecule has 27 heavy (non-hydrogen) atoms. The second kappa shape index (κ2) is 10.2. The molecule has 0 spiro atoms. The van der Waals surface area contributed by atoms with Crippen LogP contribution in [0.3, 0.4) is 0 Å². The minimum atomic E-state index is -0.00230. The van der Waals surface area contributed by atoms with E-state index >= 15 is 0 Å². The molecule has 0 fully saturated rings. The summed E-state index contributed by atoms with van der Waals surface area (Å²) in [6.45, 7) is 3.92. The van der Waals surface area contributed by atoms with Gasteiger partial charge in [-0.15, -0.1) is 0 Å². The number of ether oxygens (including phenoxy) is 1. The van der Waals surface area contributed by atoms with E-state index in [1.807, 2.05) is 43.3 Å². The lowest BCUT2D eigenvalue weighted by Gasteiger charge is -2.13. The first-order chi connectivity index (χ1) is 13.0. The van der Waals surface area contributed by atoms with Crippen LogP contribution in [0.4, 0.5) is 0 Å². The first-order valence-corrected chi connectivity index (χ1v) is 8.85. The molecule has 0 unspecified atom stereocenters. The Bertz CT molecular complexity index is 755. The van der Waals surface area contributed by atoms with Crippen LogP contribution in [0.25, 0.3) is 0 Å². The van der Waals surface area contributed by atoms with Gasteiger partial charge in [0.15, 0.2) is 5.96 Å². The maximum Gasteiger partial charge on any atom is 0.253 e. The van der Waals surface area contributed by atoms with Crippen molar-refractivity contribution in [2.75, 3.05) is 27.7 Å². The van der Waals surface area contributed by atoms with Crippen molar-refractivity contribution in [1.29, 1.82) is 0 Å². The van der Waals surface area contributed by atoms with E-state index in [1.165, 1.54) is 0 Å². The minimum absolute atomic E-state index is 0.00230. The van der Waals surface area contributed by atoms with Gasteiger partial charge in [-0.3, -0.25) is 4.79 Å². The third-order valence-corrected chi connectivity index (χ3v) is 3.84. The molecule has 0 aliphatic rings. The fourth-order valence-corrected chi connectivity index (χ4v) is 2.35. The van der Waals surface area contributed by atoms with E-state index in [9.17, 15) is 4.79 Å². The van der Waals surface area contributed by atoms with Gasteiger partial charge in [-0.05, 0) is 30.2 Å². The van der Waals surface area contributed by atoms with Crippen molar-refractivity contribution < 1.29 is 9.53 Å². The quantitative estimate of drug-likeness (QED) is 0.577. The zero-order chi connectivity index (χ0) is 19.6. The van der Waals surface area contributed by atoms with Crippen LogP contribution in [0.15, 0.2) is 47.6 Å². The Morgan fingerprint density at radius 2 is 1.81 bits per heavy atom. The zero-order valence-electron chi connectivity index (χ0n) is 16.3. The van der Waals surface area contributed by atoms with Gasteiger partial charge in [0, 0.05) is 45.0 Å². The number of aliphatic imine (C=N–C) groups is 1. The standard InChI is InChI=1S/C20H27N5O2/c1-5-21-20(24-14-16-8-11-18(27-4)22-13-16)23-12-15-6-9-17(10-7-15)19(26)25(2)3/h6-11,13H,5,12,14H2,1-4H3,(H2,21,23,24). The van der Waals surface area contributed by atoms with E-state index < -0.39 is 0 Å². The van der Waals surface area contributed by atoms with Gasteiger partial charge in [0.25, 0.3) is 5.91 Å². The summed E-state index contributed by atoms with van der Waals surface area (Å²) in [4.78, 5) is 22.3. The van der Waals surface area contributed by atoms with E-state index in [2.05, 4.69) is 20.6 Å². The normalized spacial score (nSPS) is 11.0. The molecule has 0 bridgehead atoms. The topological polar surface area (TPSA) is 78.9 Å². The van der Waals surface area contributed by atoms with Crippen molar-refractivity contribution in [3.8, 4) is 5.88 Å². The van der Waals surface area contributed by atoms with Crippen LogP contribution in [-0.2, 0) is 13.1 Å². The number of carbonyl (C=O) groups excluding carboxylic acids is 1. The van der Waals surface area contributed by atoms with Crippen molar-refractivity contribution in [2.45, 2.75) is 20.0 Å². The van der Waals surface area contributed by atoms with Crippen LogP contribution in [-0.4, -0.2) is 49.5 Å². The summed E-state index contributed by atoms with van der Waals surface area (Å²) >= 11 is 0. The fourth-order valence-electron chi connectivity index (χ4n) is 2.35. The van der Waals surface area contributed by atoms with E-state index in [4.69, 9.17) is 4.74 Å². The average molecular weight is 369 g/mol. The molecule has 0 saturated carbocycles. The number of amides is 1. The highest BCUT2D eigenvalue weighted by Crippen LogP contribution is 2.08. The van der Waals surface area contributed by atoms with E-state index in [0.717, 1.165) is 23.6 Å². The van der Waals surface area contributed by atoms with Crippen molar-refractivity contribution in [2.24, 2.45) is 4.99 Å². The van der Waals surface area contributed by atoms with Crippen LogP contribution in [0.1, 0.15) is 28.4 Å². The van der Waals surface area contributed by atoms with Gasteiger partial charge in [0.2, 0.25) is 5.88 Å². The number of pyridine rings is 1. The van der Waals surface area contributed by atoms with Crippen molar-refractivity contribution in [1.82, 2.24) is 20.5 Å². The summed E-state index contributed by atoms with van der Waals surface area (Å²) < 4.78 is 5.06. The molecule has 1 amide bonds. The van der Waals surface area contributed by atoms with Gasteiger partial charge in [-0.1, -0.05) is 18.2 Å². The Morgan fingerprint density at radius 1 is 1.11 bits per heavy atom. The second-order valence-electron chi connectivity index (χ2n) is 6.15. The van der Waals surface area contributed by atoms with Crippen molar-refractivity contribution in [3.05, 3.63) is 59.3 Å². The highest BCUT2D eigenvalue weighted by atomic mass is 16.5. The Hall–Kier alpha value is -3.09. The summed E-state index contributed by atoms with van der Waals surface area (Å²) in [7, 11) is 5.08. The van der Waals surface area contributed by atoms with E-state index in [-0.39, 0.29) is 5.91 Å². The molecule has 7 nitrogen and oxygen atoms in total. The van der Waals surface area contributed by atoms with Gasteiger partial charge in [-0.2, -0.15) is 0 Å². The largest absolute Gasteiger partial charge is 0.481 e. The predicted molar refractivity (Wildman–Crippen MR) is 107 cm³/mol. The Kier molecular flexibility index (Phi) is 7.61. The number of hydrogen-bond acceptors (Lipinski definition) is 4. The van der Waals surface area contributed by atoms with Gasteiger partial charge < -0.3 is 20.3 Å². The second-order valence-corrected chi connectivity index (χ2v) is 6.15. The maximum absolute atomic E-state index is 11.9. The lowest BCUT2D eigenvalue weighted by atomic mass is 10.1. The molecule has 1 aromatic carbocycles. The van der Waals surface area contributed by atoms with Gasteiger partial charge in [0.1, 0.15) is 0 Å². The minimum Gasteiger partial charge on any atom is -0.481 e. The van der Waals surface area contributed by atoms with Crippen LogP contribution in [0.2, 0.25) is 0 Å². The predicted octanol–water partition coefficient (Wildman–Crippen LogP) is 2.05. The van der Waals surface area contributed by atoms with Gasteiger partial charge in [0.05, 0.1) is 13.7 Å². The number of carbonyl (C=O) groups is 1. The Labute approximate surface area is 160 Å². The first kappa shape index (κ1) is 20.2. The number of methoxy groups -OCH3 is 1. The molecule has 0 aliphatic carbocycles. The number of aromatic nitrogens is 1. The number of nitrogens with zero attached hydrogens (tertiary/aromatic N) is 3. The van der Waals surface area contributed by atoms with Crippen LogP contribution in [0, 0.1) is 0 Å². The summed E-state index contributed by atoms with van der Waals surface area (Å²) in [5.41, 5.74) is 2.75.